The van der Waals surface area contributed by atoms with Crippen LogP contribution in [-0.2, 0) is 9.47 Å². The van der Waals surface area contributed by atoms with Crippen molar-refractivity contribution >= 4 is 45.3 Å². The van der Waals surface area contributed by atoms with Crippen LogP contribution < -0.4 is 5.32 Å². The Morgan fingerprint density at radius 2 is 1.87 bits per heavy atom. The maximum absolute atomic E-state index is 13.1. The van der Waals surface area contributed by atoms with Crippen LogP contribution in [0.1, 0.15) is 47.7 Å². The normalized spacial score (nSPS) is 11.4. The van der Waals surface area contributed by atoms with E-state index in [1.807, 2.05) is 0 Å². The van der Waals surface area contributed by atoms with Crippen molar-refractivity contribution < 1.29 is 28.2 Å². The molecule has 0 fully saturated rings. The molecule has 0 saturated carbocycles. The maximum atomic E-state index is 13.1. The zero-order chi connectivity index (χ0) is 22.1. The van der Waals surface area contributed by atoms with Gasteiger partial charge in [0.2, 0.25) is 0 Å². The fraction of sp³-hybridized carbons (Fsp3) is 0.300. The monoisotopic (exact) mass is 433 g/mol. The number of halogens is 1. The summed E-state index contributed by atoms with van der Waals surface area (Å²) in [5.74, 6) is -1.51. The zero-order valence-electron chi connectivity index (χ0n) is 16.8. The molecule has 158 valence electrons. The van der Waals surface area contributed by atoms with E-state index in [-0.39, 0.29) is 22.9 Å². The smallest absolute Gasteiger partial charge is 0.436 e. The molecule has 3 rings (SSSR count). The summed E-state index contributed by atoms with van der Waals surface area (Å²) in [5, 5.41) is 7.09. The van der Waals surface area contributed by atoms with Crippen LogP contribution in [0.4, 0.5) is 15.0 Å². The standard InChI is InChI=1S/C20H20FN3O5S/c1-5-28-19(27)24-17-13(10-14(30-17)18(26)29-20(2,3)4)15(23-24)22-16(25)11-6-8-12(21)9-7-11/h6-10H,5H2,1-4H3,(H,22,23,25). The van der Waals surface area contributed by atoms with E-state index < -0.39 is 29.4 Å². The van der Waals surface area contributed by atoms with E-state index in [1.165, 1.54) is 18.2 Å². The number of thiophene rings is 1. The summed E-state index contributed by atoms with van der Waals surface area (Å²) >= 11 is 0.997. The van der Waals surface area contributed by atoms with Crippen molar-refractivity contribution in [1.29, 1.82) is 0 Å². The van der Waals surface area contributed by atoms with Crippen molar-refractivity contribution in [1.82, 2.24) is 9.78 Å². The topological polar surface area (TPSA) is 99.5 Å². The lowest BCUT2D eigenvalue weighted by Gasteiger charge is -2.18. The van der Waals surface area contributed by atoms with E-state index in [1.54, 1.807) is 27.7 Å². The molecular formula is C20H20FN3O5S. The summed E-state index contributed by atoms with van der Waals surface area (Å²) in [5.41, 5.74) is -0.488. The second-order valence-corrected chi connectivity index (χ2v) is 8.28. The Hall–Kier alpha value is -3.27. The number of ether oxygens (including phenoxy) is 2. The minimum absolute atomic E-state index is 0.0680. The zero-order valence-corrected chi connectivity index (χ0v) is 17.6. The van der Waals surface area contributed by atoms with E-state index in [0.717, 1.165) is 28.2 Å². The number of nitrogens with zero attached hydrogens (tertiary/aromatic N) is 2. The second-order valence-electron chi connectivity index (χ2n) is 7.25. The van der Waals surface area contributed by atoms with Crippen LogP contribution in [0.3, 0.4) is 0 Å². The third kappa shape index (κ3) is 4.65. The van der Waals surface area contributed by atoms with Crippen LogP contribution in [0.2, 0.25) is 0 Å². The summed E-state index contributed by atoms with van der Waals surface area (Å²) in [6, 6.07) is 6.46. The van der Waals surface area contributed by atoms with Crippen LogP contribution in [0.15, 0.2) is 30.3 Å². The van der Waals surface area contributed by atoms with E-state index in [4.69, 9.17) is 9.47 Å². The Labute approximate surface area is 175 Å². The number of fused-ring (bicyclic) bond motifs is 1. The molecule has 0 aliphatic heterocycles. The van der Waals surface area contributed by atoms with E-state index in [2.05, 4.69) is 10.4 Å². The Morgan fingerprint density at radius 3 is 2.47 bits per heavy atom. The first kappa shape index (κ1) is 21.4. The number of amides is 1. The van der Waals surface area contributed by atoms with Crippen molar-refractivity contribution in [2.75, 3.05) is 11.9 Å². The van der Waals surface area contributed by atoms with Crippen molar-refractivity contribution in [3.63, 3.8) is 0 Å². The molecule has 3 aromatic rings. The molecular weight excluding hydrogens is 413 g/mol. The molecule has 0 atom stereocenters. The third-order valence-electron chi connectivity index (χ3n) is 3.74. The first-order chi connectivity index (χ1) is 14.1. The van der Waals surface area contributed by atoms with Gasteiger partial charge in [-0.15, -0.1) is 16.4 Å². The van der Waals surface area contributed by atoms with Crippen molar-refractivity contribution in [3.8, 4) is 0 Å². The molecule has 2 aromatic heterocycles. The summed E-state index contributed by atoms with van der Waals surface area (Å²) in [6.45, 7) is 7.00. The number of carbonyl (C=O) groups is 3. The van der Waals surface area contributed by atoms with Gasteiger partial charge in [-0.25, -0.2) is 14.0 Å². The number of rotatable bonds is 4. The van der Waals surface area contributed by atoms with Crippen LogP contribution in [0.5, 0.6) is 0 Å². The predicted molar refractivity (Wildman–Crippen MR) is 110 cm³/mol. The third-order valence-corrected chi connectivity index (χ3v) is 4.83. The number of anilines is 1. The molecule has 1 aromatic carbocycles. The molecule has 0 spiro atoms. The first-order valence-electron chi connectivity index (χ1n) is 9.09. The number of nitrogens with one attached hydrogen (secondary N) is 1. The van der Waals surface area contributed by atoms with Crippen LogP contribution in [0, 0.1) is 5.82 Å². The van der Waals surface area contributed by atoms with Gasteiger partial charge in [0, 0.05) is 5.56 Å². The fourth-order valence-electron chi connectivity index (χ4n) is 2.52. The summed E-state index contributed by atoms with van der Waals surface area (Å²) < 4.78 is 24.5. The molecule has 0 aliphatic carbocycles. The van der Waals surface area contributed by atoms with Gasteiger partial charge in [-0.1, -0.05) is 0 Å². The molecule has 1 amide bonds. The lowest BCUT2D eigenvalue weighted by atomic mass is 10.2. The summed E-state index contributed by atoms with van der Waals surface area (Å²) in [4.78, 5) is 37.8. The minimum atomic E-state index is -0.748. The SMILES string of the molecule is CCOC(=O)n1nc(NC(=O)c2ccc(F)cc2)c2cc(C(=O)OC(C)(C)C)sc21. The maximum Gasteiger partial charge on any atom is 0.436 e. The van der Waals surface area contributed by atoms with Gasteiger partial charge in [0.1, 0.15) is 21.1 Å². The van der Waals surface area contributed by atoms with Gasteiger partial charge in [-0.3, -0.25) is 4.79 Å². The van der Waals surface area contributed by atoms with Crippen molar-refractivity contribution in [2.45, 2.75) is 33.3 Å². The highest BCUT2D eigenvalue weighted by atomic mass is 32.1. The number of carbonyl (C=O) groups excluding carboxylic acids is 3. The summed E-state index contributed by atoms with van der Waals surface area (Å²) in [6.07, 6.45) is -0.748. The molecule has 0 radical (unpaired) electrons. The Kier molecular flexibility index (Phi) is 5.88. The minimum Gasteiger partial charge on any atom is -0.456 e. The van der Waals surface area contributed by atoms with Gasteiger partial charge < -0.3 is 14.8 Å². The molecule has 1 N–H and O–H groups in total. The van der Waals surface area contributed by atoms with E-state index in [9.17, 15) is 18.8 Å². The largest absolute Gasteiger partial charge is 0.456 e. The molecule has 0 saturated heterocycles. The van der Waals surface area contributed by atoms with E-state index in [0.29, 0.717) is 10.2 Å². The molecule has 0 aliphatic rings. The fourth-order valence-corrected chi connectivity index (χ4v) is 3.50. The van der Waals surface area contributed by atoms with Crippen molar-refractivity contribution in [3.05, 3.63) is 46.6 Å². The van der Waals surface area contributed by atoms with Gasteiger partial charge in [-0.2, -0.15) is 4.68 Å². The molecule has 10 heteroatoms. The van der Waals surface area contributed by atoms with Crippen LogP contribution in [0.25, 0.3) is 10.2 Å². The number of aromatic nitrogens is 2. The Balaban J connectivity index is 2.00. The van der Waals surface area contributed by atoms with Crippen LogP contribution >= 0.6 is 11.3 Å². The van der Waals surface area contributed by atoms with E-state index >= 15 is 0 Å². The Morgan fingerprint density at radius 1 is 1.20 bits per heavy atom. The van der Waals surface area contributed by atoms with Crippen molar-refractivity contribution in [2.24, 2.45) is 0 Å². The summed E-state index contributed by atoms with van der Waals surface area (Å²) in [7, 11) is 0. The highest BCUT2D eigenvalue weighted by Crippen LogP contribution is 2.33. The Bertz CT molecular complexity index is 1110. The molecule has 2 heterocycles. The van der Waals surface area contributed by atoms with Gasteiger partial charge in [0.15, 0.2) is 5.82 Å². The number of esters is 1. The predicted octanol–water partition coefficient (Wildman–Crippen LogP) is 4.45. The quantitative estimate of drug-likeness (QED) is 0.611. The molecule has 30 heavy (non-hydrogen) atoms. The number of benzene rings is 1. The highest BCUT2D eigenvalue weighted by Gasteiger charge is 2.25. The van der Waals surface area contributed by atoms with Gasteiger partial charge in [0.25, 0.3) is 5.91 Å². The second kappa shape index (κ2) is 8.23. The number of hydrogen-bond acceptors (Lipinski definition) is 7. The first-order valence-corrected chi connectivity index (χ1v) is 9.90. The highest BCUT2D eigenvalue weighted by molar-refractivity contribution is 7.20. The average molecular weight is 433 g/mol. The van der Waals surface area contributed by atoms with Gasteiger partial charge >= 0.3 is 12.1 Å². The lowest BCUT2D eigenvalue weighted by molar-refractivity contribution is 0.00751. The molecule has 0 bridgehead atoms. The molecule has 8 nitrogen and oxygen atoms in total. The number of hydrogen-bond donors (Lipinski definition) is 1. The lowest BCUT2D eigenvalue weighted by Crippen LogP contribution is -2.23. The molecule has 0 unspecified atom stereocenters. The average Bonchev–Trinajstić information content (AvgIpc) is 3.21. The van der Waals surface area contributed by atoms with Crippen LogP contribution in [-0.4, -0.2) is 40.0 Å². The van der Waals surface area contributed by atoms with Gasteiger partial charge in [-0.05, 0) is 58.0 Å². The van der Waals surface area contributed by atoms with Gasteiger partial charge in [0.05, 0.1) is 12.0 Å².